The van der Waals surface area contributed by atoms with Crippen molar-refractivity contribution in [1.29, 1.82) is 0 Å². The summed E-state index contributed by atoms with van der Waals surface area (Å²) in [6.07, 6.45) is 4.30. The SMILES string of the molecule is CCCn1c(=O)n(CC(=O)O)c(=O)c2[nH]c(C3CCCCC(O)C3)nc21. The Morgan fingerprint density at radius 3 is 2.69 bits per heavy atom. The molecule has 3 rings (SSSR count). The summed E-state index contributed by atoms with van der Waals surface area (Å²) in [6.45, 7) is 1.54. The van der Waals surface area contributed by atoms with E-state index in [1.807, 2.05) is 6.92 Å². The highest BCUT2D eigenvalue weighted by molar-refractivity contribution is 5.71. The van der Waals surface area contributed by atoms with Crippen molar-refractivity contribution in [3.8, 4) is 0 Å². The summed E-state index contributed by atoms with van der Waals surface area (Å²) in [5, 5.41) is 19.1. The molecule has 9 heteroatoms. The Kier molecular flexibility index (Phi) is 5.26. The molecule has 2 aromatic rings. The Balaban J connectivity index is 2.16. The number of carboxylic acid groups (broad SMARTS) is 1. The van der Waals surface area contributed by atoms with Gasteiger partial charge in [0.05, 0.1) is 6.10 Å². The van der Waals surface area contributed by atoms with Crippen LogP contribution in [0.25, 0.3) is 11.2 Å². The lowest BCUT2D eigenvalue weighted by molar-refractivity contribution is -0.137. The van der Waals surface area contributed by atoms with Gasteiger partial charge in [-0.15, -0.1) is 0 Å². The second-order valence-electron chi connectivity index (χ2n) is 6.91. The third-order valence-electron chi connectivity index (χ3n) is 4.90. The van der Waals surface area contributed by atoms with Crippen LogP contribution in [0, 0.1) is 0 Å². The molecular formula is C17H24N4O5. The fourth-order valence-electron chi connectivity index (χ4n) is 3.66. The number of carboxylic acids is 1. The van der Waals surface area contributed by atoms with Gasteiger partial charge >= 0.3 is 11.7 Å². The molecule has 0 aliphatic heterocycles. The zero-order chi connectivity index (χ0) is 18.8. The number of fused-ring (bicyclic) bond motifs is 1. The summed E-state index contributed by atoms with van der Waals surface area (Å²) < 4.78 is 2.08. The Labute approximate surface area is 149 Å². The first-order valence-electron chi connectivity index (χ1n) is 9.05. The largest absolute Gasteiger partial charge is 0.480 e. The van der Waals surface area contributed by atoms with Crippen molar-refractivity contribution < 1.29 is 15.0 Å². The van der Waals surface area contributed by atoms with E-state index >= 15 is 0 Å². The van der Waals surface area contributed by atoms with Gasteiger partial charge in [-0.25, -0.2) is 14.3 Å². The summed E-state index contributed by atoms with van der Waals surface area (Å²) in [6, 6.07) is 0. The van der Waals surface area contributed by atoms with E-state index in [1.165, 1.54) is 4.57 Å². The zero-order valence-electron chi connectivity index (χ0n) is 14.8. The minimum Gasteiger partial charge on any atom is -0.480 e. The van der Waals surface area contributed by atoms with Crippen molar-refractivity contribution in [3.05, 3.63) is 26.7 Å². The van der Waals surface area contributed by atoms with Crippen LogP contribution in [0.4, 0.5) is 0 Å². The molecule has 0 spiro atoms. The van der Waals surface area contributed by atoms with Gasteiger partial charge < -0.3 is 15.2 Å². The monoisotopic (exact) mass is 364 g/mol. The maximum atomic E-state index is 12.6. The standard InChI is InChI=1S/C17H24N4O5/c1-2-7-20-15-13(16(25)21(17(20)26)9-12(23)24)18-14(19-15)10-5-3-4-6-11(22)8-10/h10-11,22H,2-9H2,1H3,(H,18,19)(H,23,24). The number of aromatic amines is 1. The van der Waals surface area contributed by atoms with Crippen LogP contribution >= 0.6 is 0 Å². The third kappa shape index (κ3) is 3.44. The van der Waals surface area contributed by atoms with E-state index < -0.39 is 29.9 Å². The van der Waals surface area contributed by atoms with Crippen molar-refractivity contribution in [2.75, 3.05) is 0 Å². The number of hydrogen-bond donors (Lipinski definition) is 3. The minimum absolute atomic E-state index is 0.0163. The fourth-order valence-corrected chi connectivity index (χ4v) is 3.66. The summed E-state index contributed by atoms with van der Waals surface area (Å²) in [5.74, 6) is -0.689. The molecule has 2 atom stereocenters. The molecule has 1 saturated carbocycles. The van der Waals surface area contributed by atoms with Gasteiger partial charge in [0, 0.05) is 12.5 Å². The Hall–Kier alpha value is -2.42. The number of aliphatic hydroxyl groups excluding tert-OH is 1. The molecule has 2 unspecified atom stereocenters. The van der Waals surface area contributed by atoms with Crippen LogP contribution in [-0.4, -0.2) is 41.4 Å². The molecule has 0 amide bonds. The van der Waals surface area contributed by atoms with Crippen molar-refractivity contribution in [2.24, 2.45) is 0 Å². The topological polar surface area (TPSA) is 130 Å². The van der Waals surface area contributed by atoms with Gasteiger partial charge in [-0.1, -0.05) is 19.8 Å². The number of H-pyrrole nitrogens is 1. The highest BCUT2D eigenvalue weighted by Crippen LogP contribution is 2.30. The summed E-state index contributed by atoms with van der Waals surface area (Å²) >= 11 is 0. The van der Waals surface area contributed by atoms with Crippen molar-refractivity contribution in [2.45, 2.75) is 70.6 Å². The number of aromatic nitrogens is 4. The van der Waals surface area contributed by atoms with Crippen LogP contribution in [0.5, 0.6) is 0 Å². The lowest BCUT2D eigenvalue weighted by Crippen LogP contribution is -2.41. The Morgan fingerprint density at radius 2 is 2.00 bits per heavy atom. The minimum atomic E-state index is -1.25. The fraction of sp³-hybridized carbons (Fsp3) is 0.647. The number of rotatable bonds is 5. The molecule has 2 heterocycles. The van der Waals surface area contributed by atoms with E-state index in [4.69, 9.17) is 5.11 Å². The van der Waals surface area contributed by atoms with E-state index in [2.05, 4.69) is 9.97 Å². The average molecular weight is 364 g/mol. The molecule has 0 aromatic carbocycles. The molecule has 142 valence electrons. The van der Waals surface area contributed by atoms with Gasteiger partial charge in [0.15, 0.2) is 5.65 Å². The molecular weight excluding hydrogens is 340 g/mol. The Bertz CT molecular complexity index is 926. The molecule has 0 radical (unpaired) electrons. The molecule has 9 nitrogen and oxygen atoms in total. The highest BCUT2D eigenvalue weighted by atomic mass is 16.4. The van der Waals surface area contributed by atoms with Gasteiger partial charge in [0.1, 0.15) is 17.9 Å². The number of nitrogens with one attached hydrogen (secondary N) is 1. The van der Waals surface area contributed by atoms with Crippen LogP contribution in [0.2, 0.25) is 0 Å². The summed E-state index contributed by atoms with van der Waals surface area (Å²) in [4.78, 5) is 43.8. The van der Waals surface area contributed by atoms with Crippen LogP contribution in [0.15, 0.2) is 9.59 Å². The first-order chi connectivity index (χ1) is 12.4. The zero-order valence-corrected chi connectivity index (χ0v) is 14.8. The van der Waals surface area contributed by atoms with Gasteiger partial charge in [-0.05, 0) is 25.7 Å². The number of aliphatic carboxylic acids is 1. The number of aliphatic hydroxyl groups is 1. The predicted octanol–water partition coefficient (Wildman–Crippen LogP) is 0.789. The molecule has 26 heavy (non-hydrogen) atoms. The molecule has 0 bridgehead atoms. The second kappa shape index (κ2) is 7.45. The normalized spacial score (nSPS) is 21.0. The van der Waals surface area contributed by atoms with Crippen molar-refractivity contribution in [1.82, 2.24) is 19.1 Å². The van der Waals surface area contributed by atoms with Crippen LogP contribution in [-0.2, 0) is 17.9 Å². The van der Waals surface area contributed by atoms with Crippen molar-refractivity contribution in [3.63, 3.8) is 0 Å². The lowest BCUT2D eigenvalue weighted by Gasteiger charge is -2.13. The van der Waals surface area contributed by atoms with E-state index in [0.717, 1.165) is 30.3 Å². The first-order valence-corrected chi connectivity index (χ1v) is 9.05. The van der Waals surface area contributed by atoms with Crippen molar-refractivity contribution >= 4 is 17.1 Å². The maximum absolute atomic E-state index is 12.6. The van der Waals surface area contributed by atoms with E-state index in [9.17, 15) is 19.5 Å². The molecule has 2 aromatic heterocycles. The van der Waals surface area contributed by atoms with Gasteiger partial charge in [0.25, 0.3) is 5.56 Å². The van der Waals surface area contributed by atoms with Crippen LogP contribution in [0.1, 0.15) is 57.2 Å². The van der Waals surface area contributed by atoms with E-state index in [-0.39, 0.29) is 17.1 Å². The van der Waals surface area contributed by atoms with Crippen LogP contribution < -0.4 is 11.2 Å². The number of nitrogens with zero attached hydrogens (tertiary/aromatic N) is 3. The van der Waals surface area contributed by atoms with E-state index in [0.29, 0.717) is 25.2 Å². The summed E-state index contributed by atoms with van der Waals surface area (Å²) in [7, 11) is 0. The third-order valence-corrected chi connectivity index (χ3v) is 4.90. The summed E-state index contributed by atoms with van der Waals surface area (Å²) in [5.41, 5.74) is -0.927. The quantitative estimate of drug-likeness (QED) is 0.673. The number of carbonyl (C=O) groups is 1. The molecule has 1 fully saturated rings. The van der Waals surface area contributed by atoms with Crippen LogP contribution in [0.3, 0.4) is 0 Å². The van der Waals surface area contributed by atoms with Gasteiger partial charge in [-0.3, -0.25) is 14.2 Å². The molecule has 1 aliphatic carbocycles. The van der Waals surface area contributed by atoms with Gasteiger partial charge in [0.2, 0.25) is 0 Å². The lowest BCUT2D eigenvalue weighted by atomic mass is 9.99. The smallest absolute Gasteiger partial charge is 0.333 e. The molecule has 3 N–H and O–H groups in total. The molecule has 0 saturated heterocycles. The van der Waals surface area contributed by atoms with Gasteiger partial charge in [-0.2, -0.15) is 0 Å². The van der Waals surface area contributed by atoms with E-state index in [1.54, 1.807) is 0 Å². The number of hydrogen-bond acceptors (Lipinski definition) is 5. The average Bonchev–Trinajstić information content (AvgIpc) is 2.92. The molecule has 1 aliphatic rings. The maximum Gasteiger partial charge on any atom is 0.333 e. The second-order valence-corrected chi connectivity index (χ2v) is 6.91. The number of imidazole rings is 1. The highest BCUT2D eigenvalue weighted by Gasteiger charge is 2.25. The first kappa shape index (κ1) is 18.4. The Morgan fingerprint density at radius 1 is 1.27 bits per heavy atom. The predicted molar refractivity (Wildman–Crippen MR) is 94.4 cm³/mol. The number of aryl methyl sites for hydroxylation is 1.